The Morgan fingerprint density at radius 1 is 1.16 bits per heavy atom. The number of methoxy groups -OCH3 is 2. The summed E-state index contributed by atoms with van der Waals surface area (Å²) < 4.78 is 12.0. The first-order valence-electron chi connectivity index (χ1n) is 5.50. The number of pyridine rings is 1. The predicted molar refractivity (Wildman–Crippen MR) is 66.8 cm³/mol. The van der Waals surface area contributed by atoms with E-state index in [0.717, 1.165) is 17.2 Å². The van der Waals surface area contributed by atoms with Crippen LogP contribution in [0.25, 0.3) is 16.6 Å². The lowest BCUT2D eigenvalue weighted by atomic mass is 10.1. The molecular weight excluding hydrogens is 248 g/mol. The number of nitrogens with zero attached hydrogens (tertiary/aromatic N) is 4. The molecule has 0 aliphatic carbocycles. The molecule has 0 N–H and O–H groups in total. The van der Waals surface area contributed by atoms with E-state index in [1.165, 1.54) is 4.52 Å². The molecule has 19 heavy (non-hydrogen) atoms. The monoisotopic (exact) mass is 258 g/mol. The Morgan fingerprint density at radius 2 is 1.89 bits per heavy atom. The van der Waals surface area contributed by atoms with Crippen molar-refractivity contribution in [3.8, 4) is 11.5 Å². The fraction of sp³-hybridized carbons (Fsp3) is 0.167. The van der Waals surface area contributed by atoms with Gasteiger partial charge in [0, 0.05) is 11.5 Å². The number of carbonyl (C=O) groups excluding carboxylic acids is 1. The first-order valence-corrected chi connectivity index (χ1v) is 5.50. The van der Waals surface area contributed by atoms with E-state index in [0.29, 0.717) is 22.7 Å². The number of aromatic nitrogens is 4. The van der Waals surface area contributed by atoms with Gasteiger partial charge in [-0.05, 0) is 22.6 Å². The smallest absolute Gasteiger partial charge is 0.190 e. The molecule has 3 rings (SSSR count). The van der Waals surface area contributed by atoms with Crippen molar-refractivity contribution in [3.63, 3.8) is 0 Å². The zero-order valence-corrected chi connectivity index (χ0v) is 10.3. The maximum absolute atomic E-state index is 11.1. The second-order valence-electron chi connectivity index (χ2n) is 3.90. The average molecular weight is 258 g/mol. The molecule has 0 aliphatic rings. The Hall–Kier alpha value is -2.70. The highest BCUT2D eigenvalue weighted by molar-refractivity contribution is 5.94. The first-order chi connectivity index (χ1) is 9.28. The van der Waals surface area contributed by atoms with Crippen LogP contribution in [0.5, 0.6) is 11.5 Å². The summed E-state index contributed by atoms with van der Waals surface area (Å²) in [5.41, 5.74) is 1.57. The van der Waals surface area contributed by atoms with Gasteiger partial charge in [-0.3, -0.25) is 4.79 Å². The topological polar surface area (TPSA) is 78.6 Å². The van der Waals surface area contributed by atoms with Gasteiger partial charge in [0.15, 0.2) is 23.4 Å². The molecular formula is C12H10N4O3. The lowest BCUT2D eigenvalue weighted by molar-refractivity contribution is 0.112. The van der Waals surface area contributed by atoms with Crippen molar-refractivity contribution >= 4 is 22.8 Å². The van der Waals surface area contributed by atoms with Crippen LogP contribution in [0.15, 0.2) is 18.2 Å². The molecule has 0 unspecified atom stereocenters. The van der Waals surface area contributed by atoms with Gasteiger partial charge in [-0.1, -0.05) is 0 Å². The lowest BCUT2D eigenvalue weighted by Crippen LogP contribution is -1.98. The van der Waals surface area contributed by atoms with Gasteiger partial charge in [-0.2, -0.15) is 4.52 Å². The van der Waals surface area contributed by atoms with E-state index >= 15 is 0 Å². The summed E-state index contributed by atoms with van der Waals surface area (Å²) in [4.78, 5) is 11.1. The zero-order valence-electron chi connectivity index (χ0n) is 10.3. The number of tetrazole rings is 1. The van der Waals surface area contributed by atoms with Crippen molar-refractivity contribution < 1.29 is 14.3 Å². The van der Waals surface area contributed by atoms with Crippen LogP contribution >= 0.6 is 0 Å². The summed E-state index contributed by atoms with van der Waals surface area (Å²) in [6.07, 6.45) is 0.724. The highest BCUT2D eigenvalue weighted by atomic mass is 16.5. The average Bonchev–Trinajstić information content (AvgIpc) is 2.94. The minimum atomic E-state index is 0.412. The number of benzene rings is 1. The molecule has 0 bridgehead atoms. The second-order valence-corrected chi connectivity index (χ2v) is 3.90. The molecule has 0 aliphatic heterocycles. The number of rotatable bonds is 3. The molecule has 3 aromatic rings. The Morgan fingerprint density at radius 3 is 2.58 bits per heavy atom. The molecule has 2 heterocycles. The third-order valence-electron chi connectivity index (χ3n) is 2.93. The number of hydrogen-bond donors (Lipinski definition) is 0. The molecule has 0 spiro atoms. The first kappa shape index (κ1) is 11.4. The van der Waals surface area contributed by atoms with Crippen molar-refractivity contribution in [1.82, 2.24) is 20.0 Å². The number of hydrogen-bond acceptors (Lipinski definition) is 6. The molecule has 1 aromatic carbocycles. The summed E-state index contributed by atoms with van der Waals surface area (Å²) in [6.45, 7) is 0. The maximum Gasteiger partial charge on any atom is 0.190 e. The van der Waals surface area contributed by atoms with Gasteiger partial charge in [0.05, 0.1) is 25.3 Å². The molecule has 0 saturated heterocycles. The van der Waals surface area contributed by atoms with Crippen LogP contribution in [0.4, 0.5) is 0 Å². The van der Waals surface area contributed by atoms with Gasteiger partial charge in [-0.25, -0.2) is 0 Å². The van der Waals surface area contributed by atoms with Crippen LogP contribution in [-0.4, -0.2) is 40.5 Å². The van der Waals surface area contributed by atoms with Crippen LogP contribution in [0.1, 0.15) is 10.4 Å². The summed E-state index contributed by atoms with van der Waals surface area (Å²) in [5.74, 6) is 1.16. The molecule has 0 radical (unpaired) electrons. The van der Waals surface area contributed by atoms with Crippen LogP contribution in [0, 0.1) is 0 Å². The van der Waals surface area contributed by atoms with E-state index in [1.54, 1.807) is 32.4 Å². The van der Waals surface area contributed by atoms with Crippen molar-refractivity contribution in [2.24, 2.45) is 0 Å². The highest BCUT2D eigenvalue weighted by Crippen LogP contribution is 2.32. The summed E-state index contributed by atoms with van der Waals surface area (Å²) in [5, 5.41) is 12.1. The van der Waals surface area contributed by atoms with Gasteiger partial charge in [-0.15, -0.1) is 5.10 Å². The molecule has 0 saturated carbocycles. The predicted octanol–water partition coefficient (Wildman–Crippen LogP) is 1.11. The Balaban J connectivity index is 2.47. The van der Waals surface area contributed by atoms with Crippen LogP contribution in [0.2, 0.25) is 0 Å². The van der Waals surface area contributed by atoms with Crippen molar-refractivity contribution in [2.75, 3.05) is 14.2 Å². The Labute approximate surface area is 107 Å². The largest absolute Gasteiger partial charge is 0.493 e. The van der Waals surface area contributed by atoms with Crippen LogP contribution in [0.3, 0.4) is 0 Å². The molecule has 7 nitrogen and oxygen atoms in total. The van der Waals surface area contributed by atoms with Crippen molar-refractivity contribution in [3.05, 3.63) is 23.8 Å². The van der Waals surface area contributed by atoms with Crippen molar-refractivity contribution in [2.45, 2.75) is 0 Å². The van der Waals surface area contributed by atoms with Gasteiger partial charge >= 0.3 is 0 Å². The van der Waals surface area contributed by atoms with E-state index in [9.17, 15) is 4.79 Å². The minimum Gasteiger partial charge on any atom is -0.493 e. The molecule has 7 heteroatoms. The van der Waals surface area contributed by atoms with Crippen LogP contribution in [-0.2, 0) is 0 Å². The number of fused-ring (bicyclic) bond motifs is 3. The second kappa shape index (κ2) is 4.20. The van der Waals surface area contributed by atoms with Crippen LogP contribution < -0.4 is 9.47 Å². The third-order valence-corrected chi connectivity index (χ3v) is 2.93. The normalized spacial score (nSPS) is 10.8. The Kier molecular flexibility index (Phi) is 2.52. The number of aldehydes is 1. The SMILES string of the molecule is COc1cc2cc(C=O)c3nnnn3c2cc1OC. The number of carbonyl (C=O) groups is 1. The summed E-state index contributed by atoms with van der Waals surface area (Å²) in [6, 6.07) is 5.27. The highest BCUT2D eigenvalue weighted by Gasteiger charge is 2.13. The maximum atomic E-state index is 11.1. The number of ether oxygens (including phenoxy) is 2. The molecule has 0 fully saturated rings. The van der Waals surface area contributed by atoms with E-state index in [1.807, 2.05) is 0 Å². The van der Waals surface area contributed by atoms with E-state index in [2.05, 4.69) is 15.5 Å². The molecule has 0 amide bonds. The third kappa shape index (κ3) is 1.59. The van der Waals surface area contributed by atoms with E-state index in [-0.39, 0.29) is 0 Å². The quantitative estimate of drug-likeness (QED) is 0.655. The van der Waals surface area contributed by atoms with Gasteiger partial charge in [0.25, 0.3) is 0 Å². The van der Waals surface area contributed by atoms with Crippen molar-refractivity contribution in [1.29, 1.82) is 0 Å². The molecule has 0 atom stereocenters. The molecule has 96 valence electrons. The van der Waals surface area contributed by atoms with Gasteiger partial charge in [0.2, 0.25) is 0 Å². The fourth-order valence-corrected chi connectivity index (χ4v) is 2.03. The van der Waals surface area contributed by atoms with Gasteiger partial charge in [0.1, 0.15) is 0 Å². The fourth-order valence-electron chi connectivity index (χ4n) is 2.03. The molecule has 2 aromatic heterocycles. The summed E-state index contributed by atoms with van der Waals surface area (Å²) in [7, 11) is 3.11. The van der Waals surface area contributed by atoms with Gasteiger partial charge < -0.3 is 9.47 Å². The summed E-state index contributed by atoms with van der Waals surface area (Å²) >= 11 is 0. The standard InChI is InChI=1S/C12H10N4O3/c1-18-10-4-7-3-8(6-17)12-13-14-15-16(12)9(7)5-11(10)19-2/h3-6H,1-2H3. The Bertz CT molecular complexity index is 781. The minimum absolute atomic E-state index is 0.412. The van der Waals surface area contributed by atoms with E-state index in [4.69, 9.17) is 9.47 Å². The zero-order chi connectivity index (χ0) is 13.4. The van der Waals surface area contributed by atoms with E-state index < -0.39 is 0 Å². The lowest BCUT2D eigenvalue weighted by Gasteiger charge is -2.10.